The molecule has 0 radical (unpaired) electrons. The van der Waals surface area contributed by atoms with Crippen LogP contribution in [0.15, 0.2) is 22.7 Å². The Morgan fingerprint density at radius 1 is 1.42 bits per heavy atom. The summed E-state index contributed by atoms with van der Waals surface area (Å²) in [6.45, 7) is 2.27. The van der Waals surface area contributed by atoms with Crippen LogP contribution in [0.2, 0.25) is 0 Å². The normalized spacial score (nSPS) is 10.1. The summed E-state index contributed by atoms with van der Waals surface area (Å²) in [4.78, 5) is 24.9. The van der Waals surface area contributed by atoms with Crippen LogP contribution in [0, 0.1) is 0 Å². The Morgan fingerprint density at radius 2 is 2.11 bits per heavy atom. The topological polar surface area (TPSA) is 66.8 Å². The van der Waals surface area contributed by atoms with Gasteiger partial charge in [0.05, 0.1) is 11.6 Å². The molecule has 0 aliphatic rings. The van der Waals surface area contributed by atoms with E-state index >= 15 is 0 Å². The third-order valence-electron chi connectivity index (χ3n) is 2.52. The third kappa shape index (κ3) is 4.24. The molecule has 0 atom stereocenters. The molecular formula is C13H16BrNO4. The maximum atomic E-state index is 12.2. The van der Waals surface area contributed by atoms with Crippen LogP contribution in [-0.4, -0.2) is 42.1 Å². The number of nitrogens with zero attached hydrogens (tertiary/aromatic N) is 1. The molecule has 0 heterocycles. The lowest BCUT2D eigenvalue weighted by Crippen LogP contribution is -2.36. The fourth-order valence-corrected chi connectivity index (χ4v) is 1.82. The highest BCUT2D eigenvalue weighted by Crippen LogP contribution is 2.24. The summed E-state index contributed by atoms with van der Waals surface area (Å²) in [6, 6.07) is 4.54. The van der Waals surface area contributed by atoms with Crippen molar-refractivity contribution in [3.8, 4) is 5.75 Å². The number of rotatable bonds is 5. The quantitative estimate of drug-likeness (QED) is 0.841. The first-order chi connectivity index (χ1) is 8.99. The smallest absolute Gasteiger partial charge is 0.325 e. The number of methoxy groups -OCH3 is 1. The van der Waals surface area contributed by atoms with Crippen molar-refractivity contribution in [1.29, 1.82) is 0 Å². The number of carbonyl (C=O) groups is 2. The molecule has 1 aromatic carbocycles. The van der Waals surface area contributed by atoms with Crippen LogP contribution in [0.3, 0.4) is 0 Å². The number of ether oxygens (including phenoxy) is 1. The Balaban J connectivity index is 2.91. The number of hydrogen-bond donors (Lipinski definition) is 1. The monoisotopic (exact) mass is 329 g/mol. The number of phenolic OH excluding ortho intramolecular Hbond substituents is 1. The highest BCUT2D eigenvalue weighted by atomic mass is 79.9. The lowest BCUT2D eigenvalue weighted by Gasteiger charge is -2.20. The van der Waals surface area contributed by atoms with E-state index in [1.807, 2.05) is 6.92 Å². The summed E-state index contributed by atoms with van der Waals surface area (Å²) >= 11 is 3.15. The Bertz CT molecular complexity index is 476. The molecular weight excluding hydrogens is 314 g/mol. The van der Waals surface area contributed by atoms with Crippen molar-refractivity contribution in [2.75, 3.05) is 20.2 Å². The van der Waals surface area contributed by atoms with Gasteiger partial charge in [0, 0.05) is 12.1 Å². The summed E-state index contributed by atoms with van der Waals surface area (Å²) < 4.78 is 5.08. The van der Waals surface area contributed by atoms with Crippen molar-refractivity contribution in [3.63, 3.8) is 0 Å². The van der Waals surface area contributed by atoms with Crippen molar-refractivity contribution >= 4 is 27.8 Å². The maximum Gasteiger partial charge on any atom is 0.325 e. The summed E-state index contributed by atoms with van der Waals surface area (Å²) in [6.07, 6.45) is 0.727. The van der Waals surface area contributed by atoms with Gasteiger partial charge in [0.1, 0.15) is 12.3 Å². The number of phenols is 1. The Kier molecular flexibility index (Phi) is 5.82. The molecule has 0 aromatic heterocycles. The second-order valence-electron chi connectivity index (χ2n) is 3.97. The van der Waals surface area contributed by atoms with Crippen molar-refractivity contribution < 1.29 is 19.4 Å². The van der Waals surface area contributed by atoms with Crippen LogP contribution in [0.25, 0.3) is 0 Å². The van der Waals surface area contributed by atoms with Crippen molar-refractivity contribution in [3.05, 3.63) is 28.2 Å². The lowest BCUT2D eigenvalue weighted by molar-refractivity contribution is -0.141. The van der Waals surface area contributed by atoms with E-state index in [0.717, 1.165) is 6.42 Å². The molecule has 0 saturated carbocycles. The molecule has 1 N–H and O–H groups in total. The largest absolute Gasteiger partial charge is 0.507 e. The van der Waals surface area contributed by atoms with E-state index in [0.29, 0.717) is 16.6 Å². The molecule has 0 spiro atoms. The molecule has 5 nitrogen and oxygen atoms in total. The fourth-order valence-electron chi connectivity index (χ4n) is 1.57. The van der Waals surface area contributed by atoms with Crippen molar-refractivity contribution in [2.24, 2.45) is 0 Å². The van der Waals surface area contributed by atoms with Crippen LogP contribution in [0.4, 0.5) is 0 Å². The first kappa shape index (κ1) is 15.5. The average molecular weight is 330 g/mol. The Labute approximate surface area is 120 Å². The molecule has 0 saturated heterocycles. The van der Waals surface area contributed by atoms with E-state index < -0.39 is 5.97 Å². The molecule has 1 aromatic rings. The second kappa shape index (κ2) is 7.13. The number of amides is 1. The van der Waals surface area contributed by atoms with Gasteiger partial charge < -0.3 is 14.7 Å². The molecule has 104 valence electrons. The standard InChI is InChI=1S/C13H16BrNO4/c1-3-6-15(8-12(17)19-2)13(18)9-4-5-10(14)11(16)7-9/h4-5,7,16H,3,6,8H2,1-2H3. The van der Waals surface area contributed by atoms with Gasteiger partial charge in [0.2, 0.25) is 0 Å². The Hall–Kier alpha value is -1.56. The van der Waals surface area contributed by atoms with E-state index in [-0.39, 0.29) is 18.2 Å². The second-order valence-corrected chi connectivity index (χ2v) is 4.82. The van der Waals surface area contributed by atoms with Gasteiger partial charge in [-0.3, -0.25) is 9.59 Å². The van der Waals surface area contributed by atoms with E-state index in [9.17, 15) is 14.7 Å². The van der Waals surface area contributed by atoms with Gasteiger partial charge in [-0.25, -0.2) is 0 Å². The predicted octanol–water partition coefficient (Wildman–Crippen LogP) is 2.18. The van der Waals surface area contributed by atoms with Crippen molar-refractivity contribution in [2.45, 2.75) is 13.3 Å². The summed E-state index contributed by atoms with van der Waals surface area (Å²) in [7, 11) is 1.28. The average Bonchev–Trinajstić information content (AvgIpc) is 2.40. The van der Waals surface area contributed by atoms with Gasteiger partial charge in [0.25, 0.3) is 5.91 Å². The number of halogens is 1. The highest BCUT2D eigenvalue weighted by molar-refractivity contribution is 9.10. The first-order valence-electron chi connectivity index (χ1n) is 5.84. The number of carbonyl (C=O) groups excluding carboxylic acids is 2. The van der Waals surface area contributed by atoms with E-state index in [1.54, 1.807) is 12.1 Å². The molecule has 0 bridgehead atoms. The Morgan fingerprint density at radius 3 is 2.63 bits per heavy atom. The van der Waals surface area contributed by atoms with E-state index in [4.69, 9.17) is 0 Å². The lowest BCUT2D eigenvalue weighted by atomic mass is 10.2. The predicted molar refractivity (Wildman–Crippen MR) is 74.0 cm³/mol. The van der Waals surface area contributed by atoms with Gasteiger partial charge >= 0.3 is 5.97 Å². The fraction of sp³-hybridized carbons (Fsp3) is 0.385. The van der Waals surface area contributed by atoms with Crippen LogP contribution < -0.4 is 0 Å². The molecule has 6 heteroatoms. The number of aromatic hydroxyl groups is 1. The summed E-state index contributed by atoms with van der Waals surface area (Å²) in [5.74, 6) is -0.793. The zero-order chi connectivity index (χ0) is 14.4. The first-order valence-corrected chi connectivity index (χ1v) is 6.63. The van der Waals surface area contributed by atoms with Gasteiger partial charge in [-0.2, -0.15) is 0 Å². The maximum absolute atomic E-state index is 12.2. The molecule has 1 rings (SSSR count). The number of benzene rings is 1. The molecule has 0 aliphatic heterocycles. The van der Waals surface area contributed by atoms with E-state index in [1.165, 1.54) is 18.1 Å². The van der Waals surface area contributed by atoms with E-state index in [2.05, 4.69) is 20.7 Å². The van der Waals surface area contributed by atoms with Gasteiger partial charge in [-0.05, 0) is 40.5 Å². The summed E-state index contributed by atoms with van der Waals surface area (Å²) in [5.41, 5.74) is 0.332. The minimum Gasteiger partial charge on any atom is -0.507 e. The van der Waals surface area contributed by atoms with Crippen LogP contribution in [-0.2, 0) is 9.53 Å². The molecule has 1 amide bonds. The minimum absolute atomic E-state index is 0.0135. The number of hydrogen-bond acceptors (Lipinski definition) is 4. The zero-order valence-electron chi connectivity index (χ0n) is 10.9. The van der Waals surface area contributed by atoms with Crippen LogP contribution in [0.1, 0.15) is 23.7 Å². The minimum atomic E-state index is -0.469. The van der Waals surface area contributed by atoms with Crippen LogP contribution >= 0.6 is 15.9 Å². The molecule has 0 unspecified atom stereocenters. The van der Waals surface area contributed by atoms with Gasteiger partial charge in [-0.1, -0.05) is 6.92 Å². The van der Waals surface area contributed by atoms with Crippen molar-refractivity contribution in [1.82, 2.24) is 4.90 Å². The molecule has 0 fully saturated rings. The van der Waals surface area contributed by atoms with Gasteiger partial charge in [0.15, 0.2) is 0 Å². The van der Waals surface area contributed by atoms with Crippen LogP contribution in [0.5, 0.6) is 5.75 Å². The molecule has 19 heavy (non-hydrogen) atoms. The third-order valence-corrected chi connectivity index (χ3v) is 3.19. The summed E-state index contributed by atoms with van der Waals surface area (Å²) in [5, 5.41) is 9.58. The van der Waals surface area contributed by atoms with Gasteiger partial charge in [-0.15, -0.1) is 0 Å². The number of esters is 1. The SMILES string of the molecule is CCCN(CC(=O)OC)C(=O)c1ccc(Br)c(O)c1. The zero-order valence-corrected chi connectivity index (χ0v) is 12.4. The molecule has 0 aliphatic carbocycles. The highest BCUT2D eigenvalue weighted by Gasteiger charge is 2.19.